The molecule has 88 valence electrons. The monoisotopic (exact) mass is 208 g/mol. The van der Waals surface area contributed by atoms with E-state index in [1.807, 2.05) is 20.8 Å². The fourth-order valence-corrected chi connectivity index (χ4v) is 0.378. The zero-order chi connectivity index (χ0) is 12.9. The van der Waals surface area contributed by atoms with Crippen molar-refractivity contribution in [3.05, 3.63) is 48.6 Å². The number of rotatable bonds is 3. The molecule has 0 N–H and O–H groups in total. The zero-order valence-corrected chi connectivity index (χ0v) is 11.5. The van der Waals surface area contributed by atoms with E-state index >= 15 is 0 Å². The van der Waals surface area contributed by atoms with Gasteiger partial charge in [0.15, 0.2) is 0 Å². The van der Waals surface area contributed by atoms with Gasteiger partial charge in [-0.3, -0.25) is 0 Å². The van der Waals surface area contributed by atoms with E-state index < -0.39 is 0 Å². The van der Waals surface area contributed by atoms with Crippen LogP contribution in [0.3, 0.4) is 0 Å². The van der Waals surface area contributed by atoms with Gasteiger partial charge in [-0.15, -0.1) is 0 Å². The minimum Gasteiger partial charge on any atom is -0.0985 e. The van der Waals surface area contributed by atoms with E-state index in [1.54, 1.807) is 6.08 Å². The Kier molecular flexibility index (Phi) is 20.1. The first-order chi connectivity index (χ1) is 6.99. The number of allylic oxidation sites excluding steroid dienone is 5. The first kappa shape index (κ1) is 19.5. The number of hydrogen-bond donors (Lipinski definition) is 0. The van der Waals surface area contributed by atoms with E-state index in [1.165, 1.54) is 12.0 Å². The van der Waals surface area contributed by atoms with Crippen molar-refractivity contribution in [2.24, 2.45) is 0 Å². The molecule has 0 nitrogen and oxygen atoms in total. The Morgan fingerprint density at radius 1 is 1.13 bits per heavy atom. The van der Waals surface area contributed by atoms with Gasteiger partial charge in [-0.05, 0) is 32.8 Å². The second kappa shape index (κ2) is 15.4. The molecule has 15 heavy (non-hydrogen) atoms. The van der Waals surface area contributed by atoms with Gasteiger partial charge in [0.05, 0.1) is 0 Å². The van der Waals surface area contributed by atoms with E-state index in [4.69, 9.17) is 0 Å². The summed E-state index contributed by atoms with van der Waals surface area (Å²) in [6.07, 6.45) is 5.03. The van der Waals surface area contributed by atoms with Crippen LogP contribution in [0.1, 0.15) is 48.0 Å². The lowest BCUT2D eigenvalue weighted by Crippen LogP contribution is -1.70. The molecule has 0 heteroatoms. The molecule has 0 aromatic rings. The normalized spacial score (nSPS) is 8.80. The first-order valence-corrected chi connectivity index (χ1v) is 5.58. The van der Waals surface area contributed by atoms with Gasteiger partial charge in [-0.2, -0.15) is 0 Å². The molecule has 0 rings (SSSR count). The average molecular weight is 208 g/mol. The van der Waals surface area contributed by atoms with Crippen LogP contribution in [0.15, 0.2) is 48.6 Å². The highest BCUT2D eigenvalue weighted by Crippen LogP contribution is 2.01. The standard InChI is InChI=1S/C7H10.C6H12.C2H6/c1-5-7(4)6(2)3;1-4-6(3)5-2;1-2/h5H,1-2,4H2,3H3;4H,5H2,1-3H3;1-2H3/b;6-4+;. The molecule has 0 bridgehead atoms. The zero-order valence-electron chi connectivity index (χ0n) is 11.5. The molecule has 0 fully saturated rings. The summed E-state index contributed by atoms with van der Waals surface area (Å²) in [7, 11) is 0. The Hall–Kier alpha value is -1.04. The fraction of sp³-hybridized carbons (Fsp3) is 0.467. The summed E-state index contributed by atoms with van der Waals surface area (Å²) < 4.78 is 0. The van der Waals surface area contributed by atoms with Gasteiger partial charge in [-0.1, -0.05) is 63.8 Å². The third-order valence-corrected chi connectivity index (χ3v) is 1.85. The summed E-state index contributed by atoms with van der Waals surface area (Å²) in [6, 6.07) is 0. The van der Waals surface area contributed by atoms with Crippen LogP contribution in [-0.2, 0) is 0 Å². The molecule has 0 atom stereocenters. The van der Waals surface area contributed by atoms with Gasteiger partial charge >= 0.3 is 0 Å². The van der Waals surface area contributed by atoms with Crippen molar-refractivity contribution >= 4 is 0 Å². The maximum absolute atomic E-state index is 3.66. The van der Waals surface area contributed by atoms with Crippen LogP contribution in [0.5, 0.6) is 0 Å². The van der Waals surface area contributed by atoms with E-state index in [-0.39, 0.29) is 0 Å². The van der Waals surface area contributed by atoms with Crippen molar-refractivity contribution in [2.75, 3.05) is 0 Å². The molecule has 0 radical (unpaired) electrons. The Bertz CT molecular complexity index is 204. The maximum Gasteiger partial charge on any atom is -0.0311 e. The largest absolute Gasteiger partial charge is 0.0985 e. The summed E-state index contributed by atoms with van der Waals surface area (Å²) >= 11 is 0. The molecule has 0 aliphatic rings. The predicted molar refractivity (Wildman–Crippen MR) is 75.2 cm³/mol. The Morgan fingerprint density at radius 3 is 1.53 bits per heavy atom. The van der Waals surface area contributed by atoms with Crippen LogP contribution >= 0.6 is 0 Å². The minimum atomic E-state index is 0.917. The molecular formula is C15H28. The van der Waals surface area contributed by atoms with Gasteiger partial charge in [0.25, 0.3) is 0 Å². The topological polar surface area (TPSA) is 0 Å². The van der Waals surface area contributed by atoms with Crippen LogP contribution < -0.4 is 0 Å². The second-order valence-corrected chi connectivity index (χ2v) is 3.00. The average Bonchev–Trinajstić information content (AvgIpc) is 2.30. The van der Waals surface area contributed by atoms with Crippen molar-refractivity contribution in [3.63, 3.8) is 0 Å². The molecule has 0 unspecified atom stereocenters. The molecule has 0 aromatic carbocycles. The number of hydrogen-bond acceptors (Lipinski definition) is 0. The van der Waals surface area contributed by atoms with Crippen LogP contribution in [-0.4, -0.2) is 0 Å². The van der Waals surface area contributed by atoms with E-state index in [0.29, 0.717) is 0 Å². The highest BCUT2D eigenvalue weighted by Gasteiger charge is 1.81. The lowest BCUT2D eigenvalue weighted by molar-refractivity contribution is 1.09. The third-order valence-electron chi connectivity index (χ3n) is 1.85. The first-order valence-electron chi connectivity index (χ1n) is 5.58. The van der Waals surface area contributed by atoms with Crippen molar-refractivity contribution in [1.82, 2.24) is 0 Å². The van der Waals surface area contributed by atoms with Crippen molar-refractivity contribution in [3.8, 4) is 0 Å². The van der Waals surface area contributed by atoms with Gasteiger partial charge in [0.1, 0.15) is 0 Å². The molecule has 0 saturated heterocycles. The minimum absolute atomic E-state index is 0.917. The summed E-state index contributed by atoms with van der Waals surface area (Å²) in [5.74, 6) is 0. The molecule has 0 aliphatic carbocycles. The van der Waals surface area contributed by atoms with Crippen molar-refractivity contribution in [2.45, 2.75) is 48.0 Å². The maximum atomic E-state index is 3.66. The summed E-state index contributed by atoms with van der Waals surface area (Å²) in [5, 5.41) is 0. The Balaban J connectivity index is -0.000000166. The molecule has 0 aromatic heterocycles. The van der Waals surface area contributed by atoms with E-state index in [2.05, 4.69) is 46.6 Å². The van der Waals surface area contributed by atoms with Crippen LogP contribution in [0, 0.1) is 0 Å². The molecule has 0 amide bonds. The van der Waals surface area contributed by atoms with E-state index in [0.717, 1.165) is 11.1 Å². The Morgan fingerprint density at radius 2 is 1.53 bits per heavy atom. The highest BCUT2D eigenvalue weighted by atomic mass is 13.9. The van der Waals surface area contributed by atoms with Gasteiger partial charge in [0.2, 0.25) is 0 Å². The molecular weight excluding hydrogens is 180 g/mol. The Labute approximate surface area is 97.1 Å². The van der Waals surface area contributed by atoms with E-state index in [9.17, 15) is 0 Å². The van der Waals surface area contributed by atoms with Crippen molar-refractivity contribution < 1.29 is 0 Å². The van der Waals surface area contributed by atoms with Crippen LogP contribution in [0.25, 0.3) is 0 Å². The second-order valence-electron chi connectivity index (χ2n) is 3.00. The summed E-state index contributed by atoms with van der Waals surface area (Å²) in [4.78, 5) is 0. The van der Waals surface area contributed by atoms with Crippen molar-refractivity contribution in [1.29, 1.82) is 0 Å². The quantitative estimate of drug-likeness (QED) is 0.412. The molecule has 0 heterocycles. The smallest absolute Gasteiger partial charge is 0.0311 e. The van der Waals surface area contributed by atoms with Crippen LogP contribution in [0.4, 0.5) is 0 Å². The van der Waals surface area contributed by atoms with Gasteiger partial charge in [-0.25, -0.2) is 0 Å². The predicted octanol–water partition coefficient (Wildman–Crippen LogP) is 5.69. The summed E-state index contributed by atoms with van der Waals surface area (Å²) in [6.45, 7) is 23.1. The van der Waals surface area contributed by atoms with Gasteiger partial charge in [0, 0.05) is 0 Å². The lowest BCUT2D eigenvalue weighted by atomic mass is 10.2. The molecule has 0 saturated carbocycles. The summed E-state index contributed by atoms with van der Waals surface area (Å²) in [5.41, 5.74) is 3.37. The van der Waals surface area contributed by atoms with Crippen LogP contribution in [0.2, 0.25) is 0 Å². The SMILES string of the molecule is C/C=C(\C)CC.C=CC(=C)C(=C)C.CC. The van der Waals surface area contributed by atoms with Gasteiger partial charge < -0.3 is 0 Å². The molecule has 0 spiro atoms. The highest BCUT2D eigenvalue weighted by molar-refractivity contribution is 5.31. The fourth-order valence-electron chi connectivity index (χ4n) is 0.378. The third kappa shape index (κ3) is 19.4. The molecule has 0 aliphatic heterocycles. The lowest BCUT2D eigenvalue weighted by Gasteiger charge is -1.90.